The third kappa shape index (κ3) is 4.59. The molecule has 0 atom stereocenters. The zero-order valence-electron chi connectivity index (χ0n) is 10.5. The largest absolute Gasteiger partial charge is 0.302 e. The molecule has 88 valence electrons. The summed E-state index contributed by atoms with van der Waals surface area (Å²) in [5.74, 6) is 0.803. The summed E-state index contributed by atoms with van der Waals surface area (Å²) in [6.07, 6.45) is 5.61. The van der Waals surface area contributed by atoms with Crippen molar-refractivity contribution in [2.75, 3.05) is 0 Å². The highest BCUT2D eigenvalue weighted by molar-refractivity contribution is 5.83. The molecule has 0 spiro atoms. The van der Waals surface area contributed by atoms with Crippen molar-refractivity contribution in [2.45, 2.75) is 53.4 Å². The van der Waals surface area contributed by atoms with E-state index in [1.807, 2.05) is 13.8 Å². The summed E-state index contributed by atoms with van der Waals surface area (Å²) in [5, 5.41) is 0. The van der Waals surface area contributed by atoms with Gasteiger partial charge in [-0.1, -0.05) is 47.0 Å². The van der Waals surface area contributed by atoms with Crippen LogP contribution in [0.3, 0.4) is 0 Å². The number of carbonyl (C=O) groups excluding carboxylic acids is 2. The van der Waals surface area contributed by atoms with Crippen molar-refractivity contribution >= 4 is 12.6 Å². The molecule has 0 aliphatic carbocycles. The Morgan fingerprint density at radius 2 is 1.53 bits per heavy atom. The van der Waals surface area contributed by atoms with Gasteiger partial charge in [0, 0.05) is 0 Å². The minimum Gasteiger partial charge on any atom is -0.302 e. The third-order valence-electron chi connectivity index (χ3n) is 3.16. The lowest BCUT2D eigenvalue weighted by Crippen LogP contribution is -2.30. The Labute approximate surface area is 93.4 Å². The van der Waals surface area contributed by atoms with E-state index in [0.29, 0.717) is 12.3 Å². The molecule has 0 aliphatic rings. The summed E-state index contributed by atoms with van der Waals surface area (Å²) >= 11 is 0. The lowest BCUT2D eigenvalue weighted by Gasteiger charge is -2.25. The van der Waals surface area contributed by atoms with Crippen molar-refractivity contribution < 1.29 is 9.59 Å². The molecule has 0 unspecified atom stereocenters. The molecule has 15 heavy (non-hydrogen) atoms. The second-order valence-corrected chi connectivity index (χ2v) is 5.14. The van der Waals surface area contributed by atoms with Gasteiger partial charge < -0.3 is 9.59 Å². The summed E-state index contributed by atoms with van der Waals surface area (Å²) in [7, 11) is 0. The summed E-state index contributed by atoms with van der Waals surface area (Å²) in [6.45, 7) is 8.25. The zero-order valence-corrected chi connectivity index (χ0v) is 10.5. The topological polar surface area (TPSA) is 34.1 Å². The average Bonchev–Trinajstić information content (AvgIpc) is 2.18. The van der Waals surface area contributed by atoms with Gasteiger partial charge in [0.25, 0.3) is 0 Å². The molecular formula is C13H24O2. The molecule has 2 heteroatoms. The second kappa shape index (κ2) is 6.76. The van der Waals surface area contributed by atoms with E-state index in [-0.39, 0.29) is 5.92 Å². The second-order valence-electron chi connectivity index (χ2n) is 5.14. The molecule has 0 aromatic rings. The van der Waals surface area contributed by atoms with Crippen molar-refractivity contribution in [3.63, 3.8) is 0 Å². The Hall–Kier alpha value is -0.660. The van der Waals surface area contributed by atoms with Gasteiger partial charge in [-0.15, -0.1) is 0 Å². The maximum absolute atomic E-state index is 11.0. The SMILES string of the molecule is CC(C)CCCCC(C=O)(C=O)C(C)C. The lowest BCUT2D eigenvalue weighted by atomic mass is 9.76. The molecule has 0 saturated carbocycles. The third-order valence-corrected chi connectivity index (χ3v) is 3.16. The van der Waals surface area contributed by atoms with Crippen LogP contribution in [0.1, 0.15) is 53.4 Å². The average molecular weight is 212 g/mol. The monoisotopic (exact) mass is 212 g/mol. The summed E-state index contributed by atoms with van der Waals surface area (Å²) in [6, 6.07) is 0. The molecular weight excluding hydrogens is 188 g/mol. The standard InChI is InChI=1S/C13H24O2/c1-11(2)7-5-6-8-13(9-14,10-15)12(3)4/h9-12H,5-8H2,1-4H3. The van der Waals surface area contributed by atoms with Gasteiger partial charge in [0.2, 0.25) is 0 Å². The van der Waals surface area contributed by atoms with Crippen LogP contribution < -0.4 is 0 Å². The Bertz CT molecular complexity index is 187. The van der Waals surface area contributed by atoms with Gasteiger partial charge in [0.1, 0.15) is 12.6 Å². The summed E-state index contributed by atoms with van der Waals surface area (Å²) < 4.78 is 0. The van der Waals surface area contributed by atoms with Gasteiger partial charge in [0.15, 0.2) is 0 Å². The number of hydrogen-bond acceptors (Lipinski definition) is 2. The van der Waals surface area contributed by atoms with Crippen LogP contribution in [0.5, 0.6) is 0 Å². The van der Waals surface area contributed by atoms with E-state index < -0.39 is 5.41 Å². The Kier molecular flexibility index (Phi) is 6.46. The highest BCUT2D eigenvalue weighted by Gasteiger charge is 2.32. The van der Waals surface area contributed by atoms with Crippen LogP contribution in [0.4, 0.5) is 0 Å². The molecule has 0 aliphatic heterocycles. The number of rotatable bonds is 8. The maximum atomic E-state index is 11.0. The molecule has 0 aromatic heterocycles. The van der Waals surface area contributed by atoms with Crippen molar-refractivity contribution in [2.24, 2.45) is 17.3 Å². The van der Waals surface area contributed by atoms with E-state index in [4.69, 9.17) is 0 Å². The van der Waals surface area contributed by atoms with E-state index in [2.05, 4.69) is 13.8 Å². The van der Waals surface area contributed by atoms with Gasteiger partial charge in [-0.25, -0.2) is 0 Å². The fourth-order valence-corrected chi connectivity index (χ4v) is 1.69. The summed E-state index contributed by atoms with van der Waals surface area (Å²) in [4.78, 5) is 22.0. The number of carbonyl (C=O) groups is 2. The Balaban J connectivity index is 4.08. The van der Waals surface area contributed by atoms with E-state index >= 15 is 0 Å². The lowest BCUT2D eigenvalue weighted by molar-refractivity contribution is -0.129. The molecule has 0 radical (unpaired) electrons. The van der Waals surface area contributed by atoms with Gasteiger partial charge in [0.05, 0.1) is 5.41 Å². The quantitative estimate of drug-likeness (QED) is 0.351. The van der Waals surface area contributed by atoms with E-state index in [9.17, 15) is 9.59 Å². The summed E-state index contributed by atoms with van der Waals surface area (Å²) in [5.41, 5.74) is -0.739. The predicted octanol–water partition coefficient (Wildman–Crippen LogP) is 3.24. The minimum atomic E-state index is -0.739. The number of aldehydes is 2. The molecule has 0 bridgehead atoms. The molecule has 0 saturated heterocycles. The first-order valence-electron chi connectivity index (χ1n) is 5.91. The van der Waals surface area contributed by atoms with Crippen LogP contribution in [0.25, 0.3) is 0 Å². The highest BCUT2D eigenvalue weighted by Crippen LogP contribution is 2.29. The molecule has 0 heterocycles. The van der Waals surface area contributed by atoms with Crippen molar-refractivity contribution in [3.8, 4) is 0 Å². The molecule has 0 fully saturated rings. The molecule has 0 amide bonds. The molecule has 0 rings (SSSR count). The van der Waals surface area contributed by atoms with Gasteiger partial charge in [-0.05, 0) is 18.3 Å². The van der Waals surface area contributed by atoms with Crippen LogP contribution in [0, 0.1) is 17.3 Å². The first kappa shape index (κ1) is 14.3. The highest BCUT2D eigenvalue weighted by atomic mass is 16.1. The Morgan fingerprint density at radius 1 is 1.00 bits per heavy atom. The smallest absolute Gasteiger partial charge is 0.133 e. The molecule has 0 aromatic carbocycles. The number of unbranched alkanes of at least 4 members (excludes halogenated alkanes) is 1. The van der Waals surface area contributed by atoms with Crippen molar-refractivity contribution in [1.82, 2.24) is 0 Å². The van der Waals surface area contributed by atoms with Gasteiger partial charge in [-0.2, -0.15) is 0 Å². The first-order chi connectivity index (χ1) is 6.98. The fraction of sp³-hybridized carbons (Fsp3) is 0.846. The van der Waals surface area contributed by atoms with Crippen LogP contribution in [-0.2, 0) is 9.59 Å². The van der Waals surface area contributed by atoms with Gasteiger partial charge >= 0.3 is 0 Å². The van der Waals surface area contributed by atoms with E-state index in [1.54, 1.807) is 0 Å². The minimum absolute atomic E-state index is 0.103. The van der Waals surface area contributed by atoms with Crippen LogP contribution in [0.2, 0.25) is 0 Å². The first-order valence-corrected chi connectivity index (χ1v) is 5.91. The predicted molar refractivity (Wildman–Crippen MR) is 62.7 cm³/mol. The van der Waals surface area contributed by atoms with Crippen molar-refractivity contribution in [1.29, 1.82) is 0 Å². The Morgan fingerprint density at radius 3 is 1.87 bits per heavy atom. The molecule has 0 N–H and O–H groups in total. The zero-order chi connectivity index (χ0) is 11.9. The van der Waals surface area contributed by atoms with Crippen LogP contribution in [0.15, 0.2) is 0 Å². The van der Waals surface area contributed by atoms with Crippen molar-refractivity contribution in [3.05, 3.63) is 0 Å². The van der Waals surface area contributed by atoms with E-state index in [1.165, 1.54) is 6.42 Å². The maximum Gasteiger partial charge on any atom is 0.133 e. The van der Waals surface area contributed by atoms with Crippen LogP contribution >= 0.6 is 0 Å². The normalized spacial score (nSPS) is 12.1. The fourth-order valence-electron chi connectivity index (χ4n) is 1.69. The van der Waals surface area contributed by atoms with Crippen LogP contribution in [-0.4, -0.2) is 12.6 Å². The van der Waals surface area contributed by atoms with Gasteiger partial charge in [-0.3, -0.25) is 0 Å². The molecule has 2 nitrogen and oxygen atoms in total. The van der Waals surface area contributed by atoms with E-state index in [0.717, 1.165) is 25.4 Å². The number of hydrogen-bond donors (Lipinski definition) is 0.